The van der Waals surface area contributed by atoms with Crippen molar-refractivity contribution in [1.82, 2.24) is 4.72 Å². The molecule has 0 spiro atoms. The van der Waals surface area contributed by atoms with E-state index in [1.165, 1.54) is 25.3 Å². The first kappa shape index (κ1) is 16.9. The molecule has 0 aliphatic heterocycles. The lowest BCUT2D eigenvalue weighted by Crippen LogP contribution is -2.27. The number of hydrogen-bond donors (Lipinski definition) is 1. The quantitative estimate of drug-likeness (QED) is 0.646. The van der Waals surface area contributed by atoms with Crippen molar-refractivity contribution in [3.8, 4) is 5.75 Å². The number of nitrogens with one attached hydrogen (secondary N) is 1. The van der Waals surface area contributed by atoms with Gasteiger partial charge in [0.15, 0.2) is 4.90 Å². The molecule has 0 saturated carbocycles. The molecule has 0 aromatic heterocycles. The molecule has 0 aliphatic carbocycles. The van der Waals surface area contributed by atoms with E-state index < -0.39 is 26.7 Å². The zero-order valence-corrected chi connectivity index (χ0v) is 13.4. The molecule has 8 heteroatoms. The van der Waals surface area contributed by atoms with Crippen LogP contribution < -0.4 is 9.46 Å². The van der Waals surface area contributed by atoms with Crippen LogP contribution in [0, 0.1) is 10.1 Å². The van der Waals surface area contributed by atoms with Crippen LogP contribution in [0.5, 0.6) is 5.75 Å². The van der Waals surface area contributed by atoms with E-state index in [1.54, 1.807) is 31.2 Å². The molecule has 23 heavy (non-hydrogen) atoms. The van der Waals surface area contributed by atoms with Gasteiger partial charge in [-0.15, -0.1) is 0 Å². The minimum atomic E-state index is -4.02. The van der Waals surface area contributed by atoms with E-state index in [9.17, 15) is 18.5 Å². The van der Waals surface area contributed by atoms with Crippen LogP contribution in [0.1, 0.15) is 18.5 Å². The molecule has 0 unspecified atom stereocenters. The van der Waals surface area contributed by atoms with E-state index in [0.717, 1.165) is 6.07 Å². The van der Waals surface area contributed by atoms with Crippen molar-refractivity contribution < 1.29 is 18.1 Å². The summed E-state index contributed by atoms with van der Waals surface area (Å²) in [6.45, 7) is 1.66. The molecule has 0 aliphatic rings. The lowest BCUT2D eigenvalue weighted by atomic mass is 10.1. The maximum atomic E-state index is 12.4. The standard InChI is InChI=1S/C15H16N2O5S/c1-11(12-7-9-13(22-2)10-8-12)16-23(20,21)15-6-4-3-5-14(15)17(18)19/h3-11,16H,1-2H3/t11-/m1/s1. The molecule has 2 rings (SSSR count). The Morgan fingerprint density at radius 3 is 2.30 bits per heavy atom. The second kappa shape index (κ2) is 6.76. The molecule has 0 bridgehead atoms. The number of nitro groups is 1. The van der Waals surface area contributed by atoms with Crippen molar-refractivity contribution in [3.63, 3.8) is 0 Å². The van der Waals surface area contributed by atoms with Gasteiger partial charge in [-0.25, -0.2) is 13.1 Å². The van der Waals surface area contributed by atoms with Crippen LogP contribution in [0.3, 0.4) is 0 Å². The molecule has 0 amide bonds. The summed E-state index contributed by atoms with van der Waals surface area (Å²) in [5.41, 5.74) is 0.259. The summed E-state index contributed by atoms with van der Waals surface area (Å²) in [7, 11) is -2.48. The average molecular weight is 336 g/mol. The highest BCUT2D eigenvalue weighted by Crippen LogP contribution is 2.25. The van der Waals surface area contributed by atoms with Crippen molar-refractivity contribution in [2.24, 2.45) is 0 Å². The van der Waals surface area contributed by atoms with E-state index in [1.807, 2.05) is 0 Å². The second-order valence-electron chi connectivity index (χ2n) is 4.84. The summed E-state index contributed by atoms with van der Waals surface area (Å²) in [6, 6.07) is 11.6. The van der Waals surface area contributed by atoms with Gasteiger partial charge < -0.3 is 4.74 Å². The van der Waals surface area contributed by atoms with Crippen LogP contribution in [0.25, 0.3) is 0 Å². The number of rotatable bonds is 6. The van der Waals surface area contributed by atoms with E-state index in [0.29, 0.717) is 11.3 Å². The number of nitro benzene ring substituents is 1. The summed E-state index contributed by atoms with van der Waals surface area (Å²) in [6.07, 6.45) is 0. The number of methoxy groups -OCH3 is 1. The first-order valence-electron chi connectivity index (χ1n) is 6.75. The first-order chi connectivity index (χ1) is 10.8. The Morgan fingerprint density at radius 2 is 1.74 bits per heavy atom. The average Bonchev–Trinajstić information content (AvgIpc) is 2.54. The van der Waals surface area contributed by atoms with Gasteiger partial charge >= 0.3 is 0 Å². The molecule has 2 aromatic rings. The molecule has 0 saturated heterocycles. The van der Waals surface area contributed by atoms with Gasteiger partial charge in [0.25, 0.3) is 5.69 Å². The van der Waals surface area contributed by atoms with Gasteiger partial charge in [-0.2, -0.15) is 0 Å². The lowest BCUT2D eigenvalue weighted by molar-refractivity contribution is -0.387. The van der Waals surface area contributed by atoms with Gasteiger partial charge in [0.1, 0.15) is 5.75 Å². The molecule has 1 N–H and O–H groups in total. The molecule has 0 heterocycles. The molecule has 122 valence electrons. The van der Waals surface area contributed by atoms with E-state index in [2.05, 4.69) is 4.72 Å². The number of hydrogen-bond acceptors (Lipinski definition) is 5. The van der Waals surface area contributed by atoms with E-state index in [-0.39, 0.29) is 4.90 Å². The minimum absolute atomic E-state index is 0.356. The third-order valence-electron chi connectivity index (χ3n) is 3.30. The first-order valence-corrected chi connectivity index (χ1v) is 8.23. The fraction of sp³-hybridized carbons (Fsp3) is 0.200. The number of para-hydroxylation sites is 1. The smallest absolute Gasteiger partial charge is 0.289 e. The number of benzene rings is 2. The number of ether oxygens (including phenoxy) is 1. The molecule has 1 atom stereocenters. The number of nitrogens with zero attached hydrogens (tertiary/aromatic N) is 1. The maximum Gasteiger partial charge on any atom is 0.289 e. The predicted molar refractivity (Wildman–Crippen MR) is 84.8 cm³/mol. The van der Waals surface area contributed by atoms with Gasteiger partial charge in [-0.1, -0.05) is 24.3 Å². The third kappa shape index (κ3) is 3.85. The van der Waals surface area contributed by atoms with Crippen molar-refractivity contribution in [2.75, 3.05) is 7.11 Å². The summed E-state index contributed by atoms with van der Waals surface area (Å²) < 4.78 is 32.3. The van der Waals surface area contributed by atoms with Gasteiger partial charge in [0.2, 0.25) is 10.0 Å². The highest BCUT2D eigenvalue weighted by Gasteiger charge is 2.26. The van der Waals surface area contributed by atoms with Gasteiger partial charge in [-0.05, 0) is 30.7 Å². The van der Waals surface area contributed by atoms with Crippen LogP contribution in [-0.4, -0.2) is 20.5 Å². The topological polar surface area (TPSA) is 98.5 Å². The second-order valence-corrected chi connectivity index (χ2v) is 6.52. The Bertz CT molecular complexity index is 803. The Labute approximate surface area is 134 Å². The van der Waals surface area contributed by atoms with Crippen molar-refractivity contribution in [3.05, 3.63) is 64.2 Å². The largest absolute Gasteiger partial charge is 0.497 e. The molecule has 0 radical (unpaired) electrons. The Kier molecular flexibility index (Phi) is 4.97. The summed E-state index contributed by atoms with van der Waals surface area (Å²) in [5.74, 6) is 0.655. The fourth-order valence-electron chi connectivity index (χ4n) is 2.09. The summed E-state index contributed by atoms with van der Waals surface area (Å²) in [4.78, 5) is 9.92. The Hall–Kier alpha value is -2.45. The molecule has 0 fully saturated rings. The van der Waals surface area contributed by atoms with Crippen LogP contribution in [0.15, 0.2) is 53.4 Å². The molecular weight excluding hydrogens is 320 g/mol. The van der Waals surface area contributed by atoms with Crippen LogP contribution in [-0.2, 0) is 10.0 Å². The number of sulfonamides is 1. The van der Waals surface area contributed by atoms with Crippen molar-refractivity contribution in [2.45, 2.75) is 17.9 Å². The van der Waals surface area contributed by atoms with Crippen molar-refractivity contribution in [1.29, 1.82) is 0 Å². The zero-order chi connectivity index (χ0) is 17.0. The zero-order valence-electron chi connectivity index (χ0n) is 12.6. The lowest BCUT2D eigenvalue weighted by Gasteiger charge is -2.15. The normalized spacial score (nSPS) is 12.6. The summed E-state index contributed by atoms with van der Waals surface area (Å²) in [5, 5.41) is 11.0. The highest BCUT2D eigenvalue weighted by atomic mass is 32.2. The van der Waals surface area contributed by atoms with Crippen LogP contribution >= 0.6 is 0 Å². The highest BCUT2D eigenvalue weighted by molar-refractivity contribution is 7.89. The van der Waals surface area contributed by atoms with E-state index >= 15 is 0 Å². The SMILES string of the molecule is COc1ccc([C@@H](C)NS(=O)(=O)c2ccccc2[N+](=O)[O-])cc1. The Morgan fingerprint density at radius 1 is 1.13 bits per heavy atom. The fourth-order valence-corrected chi connectivity index (χ4v) is 3.50. The Balaban J connectivity index is 2.28. The van der Waals surface area contributed by atoms with Gasteiger partial charge in [-0.3, -0.25) is 10.1 Å². The monoisotopic (exact) mass is 336 g/mol. The molecule has 7 nitrogen and oxygen atoms in total. The molecule has 2 aromatic carbocycles. The van der Waals surface area contributed by atoms with Crippen molar-refractivity contribution >= 4 is 15.7 Å². The van der Waals surface area contributed by atoms with Crippen LogP contribution in [0.4, 0.5) is 5.69 Å². The summed E-state index contributed by atoms with van der Waals surface area (Å²) >= 11 is 0. The minimum Gasteiger partial charge on any atom is -0.497 e. The van der Waals surface area contributed by atoms with Gasteiger partial charge in [0, 0.05) is 12.1 Å². The maximum absolute atomic E-state index is 12.4. The third-order valence-corrected chi connectivity index (χ3v) is 4.89. The van der Waals surface area contributed by atoms with E-state index in [4.69, 9.17) is 4.74 Å². The molecular formula is C15H16N2O5S. The van der Waals surface area contributed by atoms with Crippen LogP contribution in [0.2, 0.25) is 0 Å². The predicted octanol–water partition coefficient (Wildman–Crippen LogP) is 2.64. The van der Waals surface area contributed by atoms with Gasteiger partial charge in [0.05, 0.1) is 12.0 Å².